The summed E-state index contributed by atoms with van der Waals surface area (Å²) in [6.45, 7) is 4.01. The molecule has 0 saturated carbocycles. The zero-order chi connectivity index (χ0) is 16.7. The first-order valence-corrected chi connectivity index (χ1v) is 7.04. The second kappa shape index (κ2) is 7.79. The molecule has 0 bridgehead atoms. The first kappa shape index (κ1) is 16.3. The second-order valence-electron chi connectivity index (χ2n) is 4.82. The van der Waals surface area contributed by atoms with Crippen molar-refractivity contribution in [1.82, 2.24) is 5.32 Å². The van der Waals surface area contributed by atoms with E-state index in [1.165, 1.54) is 6.08 Å². The number of carboxylic acids is 1. The molecule has 2 rings (SSSR count). The maximum absolute atomic E-state index is 11.3. The highest BCUT2D eigenvalue weighted by molar-refractivity contribution is 5.88. The average Bonchev–Trinajstić information content (AvgIpc) is 2.58. The number of hydrogen-bond acceptors (Lipinski definition) is 3. The van der Waals surface area contributed by atoms with Crippen LogP contribution in [-0.4, -0.2) is 23.8 Å². The molecule has 5 nitrogen and oxygen atoms in total. The minimum atomic E-state index is -0.943. The van der Waals surface area contributed by atoms with Crippen molar-refractivity contribution < 1.29 is 19.4 Å². The maximum atomic E-state index is 11.3. The molecule has 0 spiro atoms. The Morgan fingerprint density at radius 2 is 1.61 bits per heavy atom. The molecule has 0 saturated heterocycles. The van der Waals surface area contributed by atoms with E-state index in [0.717, 1.165) is 16.7 Å². The Labute approximate surface area is 134 Å². The summed E-state index contributed by atoms with van der Waals surface area (Å²) in [5, 5.41) is 11.5. The van der Waals surface area contributed by atoms with Crippen molar-refractivity contribution >= 4 is 12.1 Å². The molecule has 2 aromatic carbocycles. The number of benzene rings is 2. The summed E-state index contributed by atoms with van der Waals surface area (Å²) in [6, 6.07) is 14.3. The van der Waals surface area contributed by atoms with Crippen LogP contribution in [0, 0.1) is 0 Å². The molecule has 0 aromatic heterocycles. The lowest BCUT2D eigenvalue weighted by atomic mass is 10.0. The number of ether oxygens (including phenoxy) is 1. The number of amides is 1. The zero-order valence-corrected chi connectivity index (χ0v) is 12.5. The van der Waals surface area contributed by atoms with Gasteiger partial charge in [-0.25, -0.2) is 9.59 Å². The van der Waals surface area contributed by atoms with E-state index in [9.17, 15) is 9.59 Å². The van der Waals surface area contributed by atoms with Gasteiger partial charge in [0.25, 0.3) is 0 Å². The molecule has 2 aromatic rings. The standard InChI is InChI=1S/C18H17NO4/c1-2-11-23-18(22)19-12-13-3-5-14(6-4-13)15-7-9-16(10-8-15)17(20)21/h2-10H,1,11-12H2,(H,19,22)(H,20,21). The topological polar surface area (TPSA) is 75.6 Å². The van der Waals surface area contributed by atoms with Gasteiger partial charge in [0.05, 0.1) is 5.56 Å². The van der Waals surface area contributed by atoms with Crippen molar-refractivity contribution in [2.24, 2.45) is 0 Å². The van der Waals surface area contributed by atoms with Crippen LogP contribution < -0.4 is 5.32 Å². The predicted molar refractivity (Wildman–Crippen MR) is 87.2 cm³/mol. The van der Waals surface area contributed by atoms with Gasteiger partial charge in [-0.3, -0.25) is 0 Å². The highest BCUT2D eigenvalue weighted by Gasteiger charge is 2.04. The van der Waals surface area contributed by atoms with Crippen LogP contribution in [0.15, 0.2) is 61.2 Å². The molecule has 0 aliphatic heterocycles. The maximum Gasteiger partial charge on any atom is 0.407 e. The lowest BCUT2D eigenvalue weighted by molar-refractivity contribution is 0.0697. The van der Waals surface area contributed by atoms with Gasteiger partial charge in [-0.15, -0.1) is 0 Å². The number of aromatic carboxylic acids is 1. The smallest absolute Gasteiger partial charge is 0.407 e. The van der Waals surface area contributed by atoms with Crippen LogP contribution in [0.2, 0.25) is 0 Å². The molecule has 0 unspecified atom stereocenters. The summed E-state index contributed by atoms with van der Waals surface area (Å²) >= 11 is 0. The van der Waals surface area contributed by atoms with Crippen LogP contribution in [0.5, 0.6) is 0 Å². The van der Waals surface area contributed by atoms with Gasteiger partial charge in [0, 0.05) is 6.54 Å². The number of carboxylic acid groups (broad SMARTS) is 1. The van der Waals surface area contributed by atoms with Crippen molar-refractivity contribution in [3.05, 3.63) is 72.3 Å². The Morgan fingerprint density at radius 3 is 2.13 bits per heavy atom. The molecule has 1 amide bonds. The third kappa shape index (κ3) is 4.71. The van der Waals surface area contributed by atoms with Crippen molar-refractivity contribution in [2.45, 2.75) is 6.54 Å². The van der Waals surface area contributed by atoms with E-state index in [4.69, 9.17) is 9.84 Å². The van der Waals surface area contributed by atoms with Gasteiger partial charge >= 0.3 is 12.1 Å². The quantitative estimate of drug-likeness (QED) is 0.801. The minimum Gasteiger partial charge on any atom is -0.478 e. The minimum absolute atomic E-state index is 0.178. The van der Waals surface area contributed by atoms with Crippen LogP contribution >= 0.6 is 0 Å². The fraction of sp³-hybridized carbons (Fsp3) is 0.111. The Hall–Kier alpha value is -3.08. The summed E-state index contributed by atoms with van der Waals surface area (Å²) < 4.78 is 4.82. The van der Waals surface area contributed by atoms with Gasteiger partial charge in [0.2, 0.25) is 0 Å². The van der Waals surface area contributed by atoms with E-state index in [1.54, 1.807) is 24.3 Å². The van der Waals surface area contributed by atoms with Crippen molar-refractivity contribution in [3.63, 3.8) is 0 Å². The molecule has 0 fully saturated rings. The first-order valence-electron chi connectivity index (χ1n) is 7.04. The Bertz CT molecular complexity index is 690. The van der Waals surface area contributed by atoms with Crippen LogP contribution in [0.4, 0.5) is 4.79 Å². The van der Waals surface area contributed by atoms with Crippen LogP contribution in [-0.2, 0) is 11.3 Å². The van der Waals surface area contributed by atoms with E-state index in [0.29, 0.717) is 6.54 Å². The molecular weight excluding hydrogens is 294 g/mol. The van der Waals surface area contributed by atoms with E-state index >= 15 is 0 Å². The molecule has 23 heavy (non-hydrogen) atoms. The molecule has 0 aliphatic rings. The van der Waals surface area contributed by atoms with E-state index in [1.807, 2.05) is 24.3 Å². The van der Waals surface area contributed by atoms with E-state index in [2.05, 4.69) is 11.9 Å². The number of hydrogen-bond donors (Lipinski definition) is 2. The molecule has 5 heteroatoms. The zero-order valence-electron chi connectivity index (χ0n) is 12.5. The van der Waals surface area contributed by atoms with Crippen LogP contribution in [0.1, 0.15) is 15.9 Å². The lowest BCUT2D eigenvalue weighted by Crippen LogP contribution is -2.23. The molecular formula is C18H17NO4. The highest BCUT2D eigenvalue weighted by Crippen LogP contribution is 2.20. The van der Waals surface area contributed by atoms with Crippen LogP contribution in [0.25, 0.3) is 11.1 Å². The largest absolute Gasteiger partial charge is 0.478 e. The molecule has 0 atom stereocenters. The Morgan fingerprint density at radius 1 is 1.04 bits per heavy atom. The molecule has 118 valence electrons. The number of carbonyl (C=O) groups excluding carboxylic acids is 1. The third-order valence-electron chi connectivity index (χ3n) is 3.19. The van der Waals surface area contributed by atoms with Gasteiger partial charge in [-0.2, -0.15) is 0 Å². The van der Waals surface area contributed by atoms with Gasteiger partial charge in [-0.05, 0) is 28.8 Å². The normalized spacial score (nSPS) is 9.91. The van der Waals surface area contributed by atoms with Gasteiger partial charge in [0.15, 0.2) is 0 Å². The summed E-state index contributed by atoms with van der Waals surface area (Å²) in [6.07, 6.45) is 1.02. The van der Waals surface area contributed by atoms with Gasteiger partial charge < -0.3 is 15.2 Å². The number of carbonyl (C=O) groups is 2. The Kier molecular flexibility index (Phi) is 5.52. The monoisotopic (exact) mass is 311 g/mol. The SMILES string of the molecule is C=CCOC(=O)NCc1ccc(-c2ccc(C(=O)O)cc2)cc1. The second-order valence-corrected chi connectivity index (χ2v) is 4.82. The fourth-order valence-corrected chi connectivity index (χ4v) is 1.98. The average molecular weight is 311 g/mol. The Balaban J connectivity index is 1.97. The van der Waals surface area contributed by atoms with Gasteiger partial charge in [0.1, 0.15) is 6.61 Å². The molecule has 0 heterocycles. The highest BCUT2D eigenvalue weighted by atomic mass is 16.5. The van der Waals surface area contributed by atoms with Crippen molar-refractivity contribution in [3.8, 4) is 11.1 Å². The van der Waals surface area contributed by atoms with Gasteiger partial charge in [-0.1, -0.05) is 49.1 Å². The summed E-state index contributed by atoms with van der Waals surface area (Å²) in [5.41, 5.74) is 3.10. The summed E-state index contributed by atoms with van der Waals surface area (Å²) in [7, 11) is 0. The van der Waals surface area contributed by atoms with Crippen molar-refractivity contribution in [1.29, 1.82) is 0 Å². The van der Waals surface area contributed by atoms with Crippen LogP contribution in [0.3, 0.4) is 0 Å². The van der Waals surface area contributed by atoms with Crippen molar-refractivity contribution in [2.75, 3.05) is 6.61 Å². The number of nitrogens with one attached hydrogen (secondary N) is 1. The van der Waals surface area contributed by atoms with E-state index < -0.39 is 12.1 Å². The molecule has 0 aliphatic carbocycles. The lowest BCUT2D eigenvalue weighted by Gasteiger charge is -2.07. The molecule has 0 radical (unpaired) electrons. The molecule has 2 N–H and O–H groups in total. The number of alkyl carbamates (subject to hydrolysis) is 1. The van der Waals surface area contributed by atoms with E-state index in [-0.39, 0.29) is 12.2 Å². The predicted octanol–water partition coefficient (Wildman–Crippen LogP) is 3.46. The fourth-order valence-electron chi connectivity index (χ4n) is 1.98. The number of rotatable bonds is 6. The third-order valence-corrected chi connectivity index (χ3v) is 3.19. The first-order chi connectivity index (χ1) is 11.1. The summed E-state index contributed by atoms with van der Waals surface area (Å²) in [4.78, 5) is 22.2. The summed E-state index contributed by atoms with van der Waals surface area (Å²) in [5.74, 6) is -0.943.